The van der Waals surface area contributed by atoms with Crippen LogP contribution in [0.4, 0.5) is 0 Å². The maximum Gasteiger partial charge on any atom is 0.222 e. The van der Waals surface area contributed by atoms with Gasteiger partial charge in [0.1, 0.15) is 6.04 Å². The minimum absolute atomic E-state index is 0.00943. The number of carbonyl (C=O) groups excluding carboxylic acids is 3. The summed E-state index contributed by atoms with van der Waals surface area (Å²) in [5.41, 5.74) is 0.188. The first-order chi connectivity index (χ1) is 15.4. The fourth-order valence-corrected chi connectivity index (χ4v) is 8.91. The van der Waals surface area contributed by atoms with Gasteiger partial charge in [-0.2, -0.15) is 0 Å². The number of likely N-dealkylation sites (tertiary alicyclic amines) is 1. The second-order valence-corrected chi connectivity index (χ2v) is 12.6. The third kappa shape index (κ3) is 3.89. The molecule has 0 bridgehead atoms. The van der Waals surface area contributed by atoms with Gasteiger partial charge in [-0.05, 0) is 102 Å². The second-order valence-electron chi connectivity index (χ2n) is 12.6. The number of hydrogen-bond acceptors (Lipinski definition) is 5. The smallest absolute Gasteiger partial charge is 0.222 e. The van der Waals surface area contributed by atoms with E-state index in [0.717, 1.165) is 38.5 Å². The standard InChI is InChI=1S/C27H45N3O3/c1-26-14-12-19-17(8-11-22-27(19,2)15-13-23(32)30(22)7)18(26)9-10-20(26)25(33)24(29(5)6)21(31)16-28(3)4/h17-20,22,24H,8-16H2,1-7H3/t17?,18?,19?,20-,22?,24?,26+,27-/m1/s1. The molecule has 1 aliphatic heterocycles. The lowest BCUT2D eigenvalue weighted by molar-refractivity contribution is -0.160. The summed E-state index contributed by atoms with van der Waals surface area (Å²) in [4.78, 5) is 45.0. The predicted octanol–water partition coefficient (Wildman–Crippen LogP) is 3.10. The zero-order valence-corrected chi connectivity index (χ0v) is 21.9. The molecule has 0 N–H and O–H groups in total. The highest BCUT2D eigenvalue weighted by Gasteiger charge is 2.62. The molecule has 4 aliphatic rings. The van der Waals surface area contributed by atoms with Crippen molar-refractivity contribution in [3.05, 3.63) is 0 Å². The number of Topliss-reactive ketones (excluding diaryl/α,β-unsaturated/α-hetero) is 2. The summed E-state index contributed by atoms with van der Waals surface area (Å²) in [6.45, 7) is 5.11. The normalized spacial score (nSPS) is 41.5. The monoisotopic (exact) mass is 459 g/mol. The summed E-state index contributed by atoms with van der Waals surface area (Å²) in [6.07, 6.45) is 8.18. The minimum Gasteiger partial charge on any atom is -0.342 e. The summed E-state index contributed by atoms with van der Waals surface area (Å²) >= 11 is 0. The van der Waals surface area contributed by atoms with E-state index in [1.807, 2.05) is 49.9 Å². The minimum atomic E-state index is -0.642. The van der Waals surface area contributed by atoms with Gasteiger partial charge in [-0.3, -0.25) is 19.3 Å². The van der Waals surface area contributed by atoms with Gasteiger partial charge in [0.15, 0.2) is 11.6 Å². The van der Waals surface area contributed by atoms with Crippen LogP contribution in [0.1, 0.15) is 65.2 Å². The highest BCUT2D eigenvalue weighted by Crippen LogP contribution is 2.66. The van der Waals surface area contributed by atoms with Crippen molar-refractivity contribution in [3.8, 4) is 0 Å². The van der Waals surface area contributed by atoms with Crippen molar-refractivity contribution in [1.29, 1.82) is 0 Å². The van der Waals surface area contributed by atoms with Crippen LogP contribution in [-0.2, 0) is 14.4 Å². The fourth-order valence-electron chi connectivity index (χ4n) is 8.91. The molecule has 186 valence electrons. The van der Waals surface area contributed by atoms with Crippen LogP contribution in [0.3, 0.4) is 0 Å². The summed E-state index contributed by atoms with van der Waals surface area (Å²) in [5.74, 6) is 2.27. The first-order valence-electron chi connectivity index (χ1n) is 13.0. The Morgan fingerprint density at radius 2 is 1.64 bits per heavy atom. The first-order valence-corrected chi connectivity index (χ1v) is 13.0. The largest absolute Gasteiger partial charge is 0.342 e. The Hall–Kier alpha value is -1.27. The molecule has 4 fully saturated rings. The Morgan fingerprint density at radius 1 is 0.970 bits per heavy atom. The maximum atomic E-state index is 13.9. The highest BCUT2D eigenvalue weighted by atomic mass is 16.2. The quantitative estimate of drug-likeness (QED) is 0.571. The molecule has 0 radical (unpaired) electrons. The van der Waals surface area contributed by atoms with Gasteiger partial charge in [0, 0.05) is 25.4 Å². The number of likely N-dealkylation sites (N-methyl/N-ethyl adjacent to an activating group) is 2. The van der Waals surface area contributed by atoms with Crippen LogP contribution in [-0.4, -0.2) is 86.0 Å². The zero-order valence-electron chi connectivity index (χ0n) is 21.9. The van der Waals surface area contributed by atoms with Crippen molar-refractivity contribution in [2.75, 3.05) is 41.8 Å². The van der Waals surface area contributed by atoms with Crippen LogP contribution in [0.5, 0.6) is 0 Å². The molecule has 0 aromatic carbocycles. The molecule has 1 amide bonds. The van der Waals surface area contributed by atoms with Crippen molar-refractivity contribution in [2.24, 2.45) is 34.5 Å². The lowest BCUT2D eigenvalue weighted by atomic mass is 9.46. The Balaban J connectivity index is 1.56. The van der Waals surface area contributed by atoms with Gasteiger partial charge in [-0.1, -0.05) is 13.8 Å². The van der Waals surface area contributed by atoms with E-state index < -0.39 is 6.04 Å². The van der Waals surface area contributed by atoms with Gasteiger partial charge in [-0.25, -0.2) is 0 Å². The number of nitrogens with zero attached hydrogens (tertiary/aromatic N) is 3. The third-order valence-electron chi connectivity index (χ3n) is 10.5. The maximum absolute atomic E-state index is 13.9. The number of hydrogen-bond donors (Lipinski definition) is 0. The number of piperidine rings is 1. The molecule has 0 aromatic rings. The number of amides is 1. The van der Waals surface area contributed by atoms with Crippen LogP contribution in [0, 0.1) is 34.5 Å². The molecule has 5 unspecified atom stereocenters. The van der Waals surface area contributed by atoms with Gasteiger partial charge >= 0.3 is 0 Å². The van der Waals surface area contributed by atoms with E-state index in [1.54, 1.807) is 0 Å². The number of carbonyl (C=O) groups is 3. The first kappa shape index (κ1) is 24.8. The van der Waals surface area contributed by atoms with E-state index in [9.17, 15) is 14.4 Å². The van der Waals surface area contributed by atoms with E-state index in [0.29, 0.717) is 42.7 Å². The zero-order chi connectivity index (χ0) is 24.3. The van der Waals surface area contributed by atoms with Crippen LogP contribution in [0.2, 0.25) is 0 Å². The lowest BCUT2D eigenvalue weighted by Crippen LogP contribution is -2.61. The molecular weight excluding hydrogens is 414 g/mol. The molecule has 0 aromatic heterocycles. The average Bonchev–Trinajstić information content (AvgIpc) is 3.07. The topological polar surface area (TPSA) is 60.9 Å². The van der Waals surface area contributed by atoms with Gasteiger partial charge < -0.3 is 9.80 Å². The molecule has 3 saturated carbocycles. The van der Waals surface area contributed by atoms with Crippen molar-refractivity contribution in [1.82, 2.24) is 14.7 Å². The summed E-state index contributed by atoms with van der Waals surface area (Å²) in [7, 11) is 9.51. The van der Waals surface area contributed by atoms with Gasteiger partial charge in [0.05, 0.1) is 6.54 Å². The van der Waals surface area contributed by atoms with E-state index in [1.165, 1.54) is 6.42 Å². The van der Waals surface area contributed by atoms with Gasteiger partial charge in [0.25, 0.3) is 0 Å². The van der Waals surface area contributed by atoms with Crippen molar-refractivity contribution in [2.45, 2.75) is 77.3 Å². The average molecular weight is 460 g/mol. The predicted molar refractivity (Wildman–Crippen MR) is 130 cm³/mol. The SMILES string of the molecule is CN(C)CC(=O)C(C(=O)[C@H]1CCC2C3CCC4N(C)C(=O)CC[C@]4(C)C3CC[C@@]21C)N(C)C. The summed E-state index contributed by atoms with van der Waals surface area (Å²) < 4.78 is 0. The lowest BCUT2D eigenvalue weighted by Gasteiger charge is -2.61. The van der Waals surface area contributed by atoms with E-state index in [2.05, 4.69) is 13.8 Å². The van der Waals surface area contributed by atoms with Gasteiger partial charge in [-0.15, -0.1) is 0 Å². The van der Waals surface area contributed by atoms with Crippen LogP contribution >= 0.6 is 0 Å². The Labute approximate surface area is 200 Å². The second kappa shape index (κ2) is 8.75. The number of ketones is 2. The molecular formula is C27H45N3O3. The third-order valence-corrected chi connectivity index (χ3v) is 10.5. The molecule has 8 atom stereocenters. The van der Waals surface area contributed by atoms with E-state index in [-0.39, 0.29) is 28.3 Å². The number of fused-ring (bicyclic) bond motifs is 5. The van der Waals surface area contributed by atoms with Crippen LogP contribution in [0.25, 0.3) is 0 Å². The van der Waals surface area contributed by atoms with Crippen LogP contribution < -0.4 is 0 Å². The molecule has 33 heavy (non-hydrogen) atoms. The molecule has 6 nitrogen and oxygen atoms in total. The fraction of sp³-hybridized carbons (Fsp3) is 0.889. The number of rotatable bonds is 6. The molecule has 4 rings (SSSR count). The molecule has 6 heteroatoms. The Morgan fingerprint density at radius 3 is 2.27 bits per heavy atom. The highest BCUT2D eigenvalue weighted by molar-refractivity contribution is 6.08. The molecule has 1 saturated heterocycles. The van der Waals surface area contributed by atoms with E-state index in [4.69, 9.17) is 0 Å². The molecule has 1 heterocycles. The van der Waals surface area contributed by atoms with Crippen molar-refractivity contribution >= 4 is 17.5 Å². The van der Waals surface area contributed by atoms with E-state index >= 15 is 0 Å². The summed E-state index contributed by atoms with van der Waals surface area (Å²) in [6, 6.07) is -0.276. The molecule has 3 aliphatic carbocycles. The summed E-state index contributed by atoms with van der Waals surface area (Å²) in [5, 5.41) is 0. The Kier molecular flexibility index (Phi) is 6.58. The molecule has 0 spiro atoms. The van der Waals surface area contributed by atoms with Gasteiger partial charge in [0.2, 0.25) is 5.91 Å². The Bertz CT molecular complexity index is 810. The van der Waals surface area contributed by atoms with Crippen LogP contribution in [0.15, 0.2) is 0 Å². The van der Waals surface area contributed by atoms with Crippen molar-refractivity contribution < 1.29 is 14.4 Å². The van der Waals surface area contributed by atoms with Crippen molar-refractivity contribution in [3.63, 3.8) is 0 Å².